The fourth-order valence-electron chi connectivity index (χ4n) is 1.84. The molecule has 0 aliphatic carbocycles. The molecule has 3 nitrogen and oxygen atoms in total. The number of aromatic nitrogens is 2. The average molecular weight is 369 g/mol. The molecule has 5 heteroatoms. The Morgan fingerprint density at radius 3 is 2.52 bits per heavy atom. The van der Waals surface area contributed by atoms with Crippen LogP contribution in [0.2, 0.25) is 5.02 Å². The summed E-state index contributed by atoms with van der Waals surface area (Å²) < 4.78 is 0.848. The van der Waals surface area contributed by atoms with Gasteiger partial charge in [-0.1, -0.05) is 11.6 Å². The molecule has 1 aromatic heterocycles. The molecule has 0 spiro atoms. The molecule has 1 aromatic carbocycles. The molecular formula is C16H19BrClN3. The number of hydrogen-bond acceptors (Lipinski definition) is 3. The third kappa shape index (κ3) is 4.77. The number of hydrogen-bond donors (Lipinski definition) is 1. The van der Waals surface area contributed by atoms with E-state index < -0.39 is 0 Å². The Bertz CT molecular complexity index is 650. The molecule has 1 N–H and O–H groups in total. The molecule has 2 rings (SSSR count). The monoisotopic (exact) mass is 367 g/mol. The summed E-state index contributed by atoms with van der Waals surface area (Å²) in [5.74, 6) is 0.720. The van der Waals surface area contributed by atoms with E-state index >= 15 is 0 Å². The van der Waals surface area contributed by atoms with Gasteiger partial charge in [-0.15, -0.1) is 0 Å². The van der Waals surface area contributed by atoms with E-state index in [9.17, 15) is 0 Å². The summed E-state index contributed by atoms with van der Waals surface area (Å²) in [6.45, 7) is 9.11. The Morgan fingerprint density at radius 1 is 1.19 bits per heavy atom. The van der Waals surface area contributed by atoms with Gasteiger partial charge in [0.2, 0.25) is 0 Å². The van der Waals surface area contributed by atoms with E-state index in [-0.39, 0.29) is 5.54 Å². The molecule has 2 aromatic rings. The first-order valence-electron chi connectivity index (χ1n) is 6.79. The summed E-state index contributed by atoms with van der Waals surface area (Å²) >= 11 is 9.47. The Kier molecular flexibility index (Phi) is 5.02. The maximum Gasteiger partial charge on any atom is 0.159 e. The SMILES string of the molecule is Cc1cc(CNC(C)(C)C)nc(-c2ccc(Cl)c(Br)c2)n1. The minimum absolute atomic E-state index is 0.0579. The van der Waals surface area contributed by atoms with Crippen LogP contribution in [0.3, 0.4) is 0 Å². The molecule has 0 saturated carbocycles. The van der Waals surface area contributed by atoms with E-state index in [0.29, 0.717) is 11.6 Å². The zero-order chi connectivity index (χ0) is 15.6. The minimum Gasteiger partial charge on any atom is -0.306 e. The fraction of sp³-hybridized carbons (Fsp3) is 0.375. The van der Waals surface area contributed by atoms with E-state index in [1.54, 1.807) is 0 Å². The predicted octanol–water partition coefficient (Wildman–Crippen LogP) is 4.76. The molecule has 0 amide bonds. The third-order valence-electron chi connectivity index (χ3n) is 2.88. The molecule has 0 bridgehead atoms. The summed E-state index contributed by atoms with van der Waals surface area (Å²) in [4.78, 5) is 9.16. The summed E-state index contributed by atoms with van der Waals surface area (Å²) in [6.07, 6.45) is 0. The predicted molar refractivity (Wildman–Crippen MR) is 91.5 cm³/mol. The topological polar surface area (TPSA) is 37.8 Å². The first kappa shape index (κ1) is 16.4. The van der Waals surface area contributed by atoms with Crippen molar-refractivity contribution in [1.29, 1.82) is 0 Å². The second-order valence-corrected chi connectivity index (χ2v) is 7.32. The van der Waals surface area contributed by atoms with Gasteiger partial charge in [0, 0.05) is 27.8 Å². The highest BCUT2D eigenvalue weighted by Gasteiger charge is 2.11. The lowest BCUT2D eigenvalue weighted by atomic mass is 10.1. The second kappa shape index (κ2) is 6.42. The van der Waals surface area contributed by atoms with Crippen LogP contribution in [0.15, 0.2) is 28.7 Å². The van der Waals surface area contributed by atoms with Gasteiger partial charge in [-0.2, -0.15) is 0 Å². The number of benzene rings is 1. The number of rotatable bonds is 3. The van der Waals surface area contributed by atoms with Crippen LogP contribution in [-0.2, 0) is 6.54 Å². The minimum atomic E-state index is 0.0579. The lowest BCUT2D eigenvalue weighted by Gasteiger charge is -2.20. The number of aryl methyl sites for hydroxylation is 1. The van der Waals surface area contributed by atoms with E-state index in [2.05, 4.69) is 52.0 Å². The van der Waals surface area contributed by atoms with E-state index in [1.165, 1.54) is 0 Å². The second-order valence-electron chi connectivity index (χ2n) is 6.06. The van der Waals surface area contributed by atoms with Crippen LogP contribution in [0.25, 0.3) is 11.4 Å². The van der Waals surface area contributed by atoms with Crippen LogP contribution in [0.4, 0.5) is 0 Å². The molecule has 0 aliphatic heterocycles. The number of halogens is 2. The molecule has 21 heavy (non-hydrogen) atoms. The maximum absolute atomic E-state index is 6.03. The Hall–Kier alpha value is -0.970. The summed E-state index contributed by atoms with van der Waals surface area (Å²) in [5.41, 5.74) is 2.95. The van der Waals surface area contributed by atoms with Crippen LogP contribution < -0.4 is 5.32 Å². The van der Waals surface area contributed by atoms with Crippen molar-refractivity contribution in [3.63, 3.8) is 0 Å². The van der Waals surface area contributed by atoms with Crippen LogP contribution in [0.1, 0.15) is 32.2 Å². The fourth-order valence-corrected chi connectivity index (χ4v) is 2.34. The van der Waals surface area contributed by atoms with Crippen molar-refractivity contribution in [2.45, 2.75) is 39.8 Å². The average Bonchev–Trinajstić information content (AvgIpc) is 2.38. The molecule has 0 unspecified atom stereocenters. The number of nitrogens with zero attached hydrogens (tertiary/aromatic N) is 2. The van der Waals surface area contributed by atoms with Gasteiger partial charge in [0.15, 0.2) is 5.82 Å². The van der Waals surface area contributed by atoms with E-state index in [4.69, 9.17) is 11.6 Å². The molecule has 0 fully saturated rings. The van der Waals surface area contributed by atoms with Gasteiger partial charge in [-0.3, -0.25) is 0 Å². The largest absolute Gasteiger partial charge is 0.306 e. The van der Waals surface area contributed by atoms with Crippen molar-refractivity contribution < 1.29 is 0 Å². The molecule has 112 valence electrons. The van der Waals surface area contributed by atoms with Gasteiger partial charge in [-0.05, 0) is 67.9 Å². The third-order valence-corrected chi connectivity index (χ3v) is 4.10. The van der Waals surface area contributed by atoms with Crippen molar-refractivity contribution >= 4 is 27.5 Å². The maximum atomic E-state index is 6.03. The summed E-state index contributed by atoms with van der Waals surface area (Å²) in [7, 11) is 0. The zero-order valence-corrected chi connectivity index (χ0v) is 15.0. The van der Waals surface area contributed by atoms with Crippen molar-refractivity contribution in [2.75, 3.05) is 0 Å². The van der Waals surface area contributed by atoms with Crippen LogP contribution in [0, 0.1) is 6.92 Å². The standard InChI is InChI=1S/C16H19BrClN3/c1-10-7-12(9-19-16(2,3)4)21-15(20-10)11-5-6-14(18)13(17)8-11/h5-8,19H,9H2,1-4H3. The van der Waals surface area contributed by atoms with Crippen LogP contribution >= 0.6 is 27.5 Å². The highest BCUT2D eigenvalue weighted by Crippen LogP contribution is 2.27. The lowest BCUT2D eigenvalue weighted by Crippen LogP contribution is -2.35. The van der Waals surface area contributed by atoms with Crippen molar-refractivity contribution in [3.8, 4) is 11.4 Å². The molecule has 0 radical (unpaired) electrons. The van der Waals surface area contributed by atoms with Gasteiger partial charge in [0.25, 0.3) is 0 Å². The normalized spacial score (nSPS) is 11.7. The summed E-state index contributed by atoms with van der Waals surface area (Å²) in [6, 6.07) is 7.73. The molecule has 0 aliphatic rings. The highest BCUT2D eigenvalue weighted by molar-refractivity contribution is 9.10. The molecular weight excluding hydrogens is 350 g/mol. The first-order valence-corrected chi connectivity index (χ1v) is 7.97. The van der Waals surface area contributed by atoms with E-state index in [1.807, 2.05) is 31.2 Å². The van der Waals surface area contributed by atoms with Gasteiger partial charge in [-0.25, -0.2) is 9.97 Å². The molecule has 0 atom stereocenters. The molecule has 0 saturated heterocycles. The van der Waals surface area contributed by atoms with E-state index in [0.717, 1.165) is 27.2 Å². The Labute approximate surface area is 139 Å². The first-order chi connectivity index (χ1) is 9.74. The number of nitrogens with one attached hydrogen (secondary N) is 1. The van der Waals surface area contributed by atoms with Crippen LogP contribution in [-0.4, -0.2) is 15.5 Å². The van der Waals surface area contributed by atoms with Gasteiger partial charge in [0.05, 0.1) is 10.7 Å². The Balaban J connectivity index is 2.32. The van der Waals surface area contributed by atoms with Gasteiger partial charge < -0.3 is 5.32 Å². The van der Waals surface area contributed by atoms with Crippen molar-refractivity contribution in [3.05, 3.63) is 45.1 Å². The van der Waals surface area contributed by atoms with Crippen molar-refractivity contribution in [2.24, 2.45) is 0 Å². The lowest BCUT2D eigenvalue weighted by molar-refractivity contribution is 0.421. The van der Waals surface area contributed by atoms with Gasteiger partial charge in [0.1, 0.15) is 0 Å². The quantitative estimate of drug-likeness (QED) is 0.849. The molecule has 1 heterocycles. The zero-order valence-electron chi connectivity index (χ0n) is 12.7. The highest BCUT2D eigenvalue weighted by atomic mass is 79.9. The summed E-state index contributed by atoms with van der Waals surface area (Å²) in [5, 5.41) is 4.13. The van der Waals surface area contributed by atoms with Gasteiger partial charge >= 0.3 is 0 Å². The Morgan fingerprint density at radius 2 is 1.90 bits per heavy atom. The smallest absolute Gasteiger partial charge is 0.159 e. The van der Waals surface area contributed by atoms with Crippen LogP contribution in [0.5, 0.6) is 0 Å². The van der Waals surface area contributed by atoms with Crippen molar-refractivity contribution in [1.82, 2.24) is 15.3 Å².